The van der Waals surface area contributed by atoms with Gasteiger partial charge in [0.05, 0.1) is 0 Å². The summed E-state index contributed by atoms with van der Waals surface area (Å²) in [6.07, 6.45) is 13.7. The first-order chi connectivity index (χ1) is 14.5. The van der Waals surface area contributed by atoms with Crippen LogP contribution in [0.4, 0.5) is 0 Å². The van der Waals surface area contributed by atoms with Gasteiger partial charge < -0.3 is 19.3 Å². The first kappa shape index (κ1) is 28.9. The number of carbonyl (C=O) groups is 2. The van der Waals surface area contributed by atoms with Crippen LogP contribution in [-0.4, -0.2) is 75.2 Å². The van der Waals surface area contributed by atoms with Gasteiger partial charge in [0.15, 0.2) is 0 Å². The Morgan fingerprint density at radius 3 is 1.30 bits per heavy atom. The van der Waals surface area contributed by atoms with E-state index in [9.17, 15) is 9.59 Å². The van der Waals surface area contributed by atoms with Crippen LogP contribution in [0.3, 0.4) is 0 Å². The number of hydrogen-bond donors (Lipinski definition) is 0. The maximum absolute atomic E-state index is 12.0. The monoisotopic (exact) mass is 428 g/mol. The zero-order valence-electron chi connectivity index (χ0n) is 20.3. The van der Waals surface area contributed by atoms with E-state index in [1.807, 2.05) is 14.1 Å². The normalized spacial score (nSPS) is 10.9. The number of carbonyl (C=O) groups excluding carboxylic acids is 2. The Morgan fingerprint density at radius 1 is 0.567 bits per heavy atom. The van der Waals surface area contributed by atoms with Gasteiger partial charge in [-0.15, -0.1) is 0 Å². The van der Waals surface area contributed by atoms with Crippen molar-refractivity contribution < 1.29 is 19.1 Å². The van der Waals surface area contributed by atoms with Crippen molar-refractivity contribution in [2.75, 3.05) is 53.6 Å². The Bertz CT molecular complexity index is 380. The van der Waals surface area contributed by atoms with Crippen LogP contribution in [-0.2, 0) is 19.1 Å². The number of likely N-dealkylation sites (N-methyl/N-ethyl adjacent to an activating group) is 2. The van der Waals surface area contributed by atoms with Crippen molar-refractivity contribution in [3.05, 3.63) is 0 Å². The summed E-state index contributed by atoms with van der Waals surface area (Å²) in [7, 11) is 3.69. The van der Waals surface area contributed by atoms with Crippen molar-refractivity contribution in [2.45, 2.75) is 90.9 Å². The highest BCUT2D eigenvalue weighted by Gasteiger charge is 2.09. The molecule has 0 aliphatic carbocycles. The highest BCUT2D eigenvalue weighted by Crippen LogP contribution is 2.04. The zero-order chi connectivity index (χ0) is 22.5. The Morgan fingerprint density at radius 2 is 0.933 bits per heavy atom. The van der Waals surface area contributed by atoms with Crippen LogP contribution in [0, 0.1) is 0 Å². The molecule has 0 aromatic heterocycles. The second-order valence-corrected chi connectivity index (χ2v) is 8.27. The third-order valence-electron chi connectivity index (χ3n) is 5.32. The van der Waals surface area contributed by atoms with Crippen LogP contribution in [0.2, 0.25) is 0 Å². The van der Waals surface area contributed by atoms with E-state index in [0.717, 1.165) is 38.8 Å². The van der Waals surface area contributed by atoms with Gasteiger partial charge in [-0.2, -0.15) is 0 Å². The van der Waals surface area contributed by atoms with Gasteiger partial charge in [-0.05, 0) is 25.7 Å². The van der Waals surface area contributed by atoms with Gasteiger partial charge in [0.2, 0.25) is 11.8 Å². The lowest BCUT2D eigenvalue weighted by Crippen LogP contribution is -2.31. The van der Waals surface area contributed by atoms with E-state index in [2.05, 4.69) is 13.8 Å². The third kappa shape index (κ3) is 17.7. The molecule has 0 aromatic carbocycles. The van der Waals surface area contributed by atoms with Crippen molar-refractivity contribution in [2.24, 2.45) is 0 Å². The van der Waals surface area contributed by atoms with Crippen LogP contribution in [0.5, 0.6) is 0 Å². The quantitative estimate of drug-likeness (QED) is 0.250. The molecule has 0 bridgehead atoms. The smallest absolute Gasteiger partial charge is 0.248 e. The molecule has 0 N–H and O–H groups in total. The van der Waals surface area contributed by atoms with Gasteiger partial charge in [-0.3, -0.25) is 9.59 Å². The van der Waals surface area contributed by atoms with Crippen molar-refractivity contribution in [3.63, 3.8) is 0 Å². The second kappa shape index (κ2) is 21.1. The summed E-state index contributed by atoms with van der Waals surface area (Å²) < 4.78 is 11.0. The molecule has 0 unspecified atom stereocenters. The number of rotatable bonds is 21. The molecular weight excluding hydrogens is 380 g/mol. The van der Waals surface area contributed by atoms with Crippen LogP contribution >= 0.6 is 0 Å². The minimum Gasteiger partial charge on any atom is -0.372 e. The fraction of sp³-hybridized carbons (Fsp3) is 0.917. The molecular formula is C24H48N2O4. The summed E-state index contributed by atoms with van der Waals surface area (Å²) in [5, 5.41) is 0. The second-order valence-electron chi connectivity index (χ2n) is 8.27. The highest BCUT2D eigenvalue weighted by molar-refractivity contribution is 5.77. The molecule has 6 heteroatoms. The molecule has 0 aliphatic heterocycles. The van der Waals surface area contributed by atoms with E-state index in [1.54, 1.807) is 9.80 Å². The maximum Gasteiger partial charge on any atom is 0.248 e. The molecule has 0 saturated heterocycles. The molecule has 0 aromatic rings. The lowest BCUT2D eigenvalue weighted by atomic mass is 10.1. The summed E-state index contributed by atoms with van der Waals surface area (Å²) in [6, 6.07) is 0. The summed E-state index contributed by atoms with van der Waals surface area (Å²) in [5.41, 5.74) is 0. The van der Waals surface area contributed by atoms with Crippen LogP contribution in [0.25, 0.3) is 0 Å². The Balaban J connectivity index is 3.51. The summed E-state index contributed by atoms with van der Waals surface area (Å²) in [5.74, 6) is 0.0927. The zero-order valence-corrected chi connectivity index (χ0v) is 20.3. The van der Waals surface area contributed by atoms with Crippen molar-refractivity contribution >= 4 is 11.8 Å². The van der Waals surface area contributed by atoms with E-state index in [4.69, 9.17) is 9.47 Å². The molecule has 0 atom stereocenters. The Kier molecular flexibility index (Phi) is 20.3. The van der Waals surface area contributed by atoms with Crippen molar-refractivity contribution in [1.82, 2.24) is 9.80 Å². The first-order valence-electron chi connectivity index (χ1n) is 12.2. The number of ether oxygens (including phenoxy) is 2. The number of hydrogen-bond acceptors (Lipinski definition) is 4. The van der Waals surface area contributed by atoms with Gasteiger partial charge in [0, 0.05) is 40.4 Å². The molecule has 2 amide bonds. The van der Waals surface area contributed by atoms with Gasteiger partial charge >= 0.3 is 0 Å². The summed E-state index contributed by atoms with van der Waals surface area (Å²) in [4.78, 5) is 27.5. The lowest BCUT2D eigenvalue weighted by Gasteiger charge is -2.17. The average Bonchev–Trinajstić information content (AvgIpc) is 2.74. The number of amides is 2. The van der Waals surface area contributed by atoms with E-state index in [-0.39, 0.29) is 25.0 Å². The maximum atomic E-state index is 12.0. The molecule has 6 nitrogen and oxygen atoms in total. The van der Waals surface area contributed by atoms with Crippen molar-refractivity contribution in [3.8, 4) is 0 Å². The molecule has 0 heterocycles. The fourth-order valence-electron chi connectivity index (χ4n) is 3.10. The standard InChI is InChI=1S/C24H48N2O4/c1-5-7-9-11-13-17-25(3)23(27)21-29-19-15-16-20-30-22-24(28)26(4)18-14-12-10-8-6-2/h5-22H2,1-4H3. The van der Waals surface area contributed by atoms with E-state index >= 15 is 0 Å². The van der Waals surface area contributed by atoms with E-state index in [0.29, 0.717) is 13.2 Å². The fourth-order valence-corrected chi connectivity index (χ4v) is 3.10. The summed E-state index contributed by atoms with van der Waals surface area (Å²) in [6.45, 7) is 7.41. The topological polar surface area (TPSA) is 59.1 Å². The predicted octanol–water partition coefficient (Wildman–Crippen LogP) is 4.66. The largest absolute Gasteiger partial charge is 0.372 e. The molecule has 30 heavy (non-hydrogen) atoms. The van der Waals surface area contributed by atoms with Gasteiger partial charge in [-0.1, -0.05) is 65.2 Å². The Hall–Kier alpha value is -1.14. The number of nitrogens with zero attached hydrogens (tertiary/aromatic N) is 2. The molecule has 0 rings (SSSR count). The van der Waals surface area contributed by atoms with Gasteiger partial charge in [-0.25, -0.2) is 0 Å². The lowest BCUT2D eigenvalue weighted by molar-refractivity contribution is -0.136. The predicted molar refractivity (Wildman–Crippen MR) is 124 cm³/mol. The highest BCUT2D eigenvalue weighted by atomic mass is 16.5. The Labute approximate surface area is 185 Å². The minimum atomic E-state index is 0.0464. The SMILES string of the molecule is CCCCCCCN(C)C(=O)COCCCCOCC(=O)N(C)CCCCCCC. The summed E-state index contributed by atoms with van der Waals surface area (Å²) >= 11 is 0. The molecule has 178 valence electrons. The molecule has 0 spiro atoms. The van der Waals surface area contributed by atoms with E-state index < -0.39 is 0 Å². The molecule has 0 saturated carbocycles. The van der Waals surface area contributed by atoms with Gasteiger partial charge in [0.25, 0.3) is 0 Å². The first-order valence-corrected chi connectivity index (χ1v) is 12.2. The van der Waals surface area contributed by atoms with E-state index in [1.165, 1.54) is 51.4 Å². The third-order valence-corrected chi connectivity index (χ3v) is 5.32. The average molecular weight is 429 g/mol. The van der Waals surface area contributed by atoms with Crippen LogP contribution in [0.15, 0.2) is 0 Å². The molecule has 0 fully saturated rings. The van der Waals surface area contributed by atoms with Crippen molar-refractivity contribution in [1.29, 1.82) is 0 Å². The van der Waals surface area contributed by atoms with Gasteiger partial charge in [0.1, 0.15) is 13.2 Å². The van der Waals surface area contributed by atoms with Crippen LogP contribution in [0.1, 0.15) is 90.9 Å². The molecule has 0 aliphatic rings. The van der Waals surface area contributed by atoms with Crippen LogP contribution < -0.4 is 0 Å². The number of unbranched alkanes of at least 4 members (excludes halogenated alkanes) is 9. The minimum absolute atomic E-state index is 0.0464. The molecule has 0 radical (unpaired) electrons.